The predicted octanol–water partition coefficient (Wildman–Crippen LogP) is 4.50. The van der Waals surface area contributed by atoms with Gasteiger partial charge in [-0.15, -0.1) is 0 Å². The Bertz CT molecular complexity index is 827. The van der Waals surface area contributed by atoms with Gasteiger partial charge in [0.2, 0.25) is 0 Å². The molecule has 0 fully saturated rings. The first kappa shape index (κ1) is 15.2. The van der Waals surface area contributed by atoms with Crippen LogP contribution in [0.3, 0.4) is 0 Å². The monoisotopic (exact) mass is 335 g/mol. The molecular formula is C17H15Cl2NO2. The molecule has 5 heteroatoms. The number of nitrogens with zero attached hydrogens (tertiary/aromatic N) is 1. The van der Waals surface area contributed by atoms with Gasteiger partial charge in [-0.05, 0) is 35.9 Å². The smallest absolute Gasteiger partial charge is 0.119 e. The molecule has 1 aromatic heterocycles. The van der Waals surface area contributed by atoms with Crippen LogP contribution in [0.1, 0.15) is 11.1 Å². The van der Waals surface area contributed by atoms with Crippen molar-refractivity contribution in [3.05, 3.63) is 63.8 Å². The van der Waals surface area contributed by atoms with Gasteiger partial charge in [0.25, 0.3) is 0 Å². The standard InChI is InChI=1S/C17H15Cl2NO2/c1-22-13-3-5-17-14(7-13)12(10-21)9-20(17)8-11-2-4-15(18)16(19)6-11/h2-7,9,21H,8,10H2,1H3. The second kappa shape index (κ2) is 6.21. The van der Waals surface area contributed by atoms with Gasteiger partial charge in [-0.1, -0.05) is 29.3 Å². The second-order valence-corrected chi connectivity index (χ2v) is 5.89. The average Bonchev–Trinajstić information content (AvgIpc) is 2.88. The summed E-state index contributed by atoms with van der Waals surface area (Å²) in [6, 6.07) is 11.4. The van der Waals surface area contributed by atoms with Crippen LogP contribution in [0.2, 0.25) is 10.0 Å². The van der Waals surface area contributed by atoms with E-state index in [2.05, 4.69) is 4.57 Å². The molecule has 1 N–H and O–H groups in total. The van der Waals surface area contributed by atoms with E-state index in [0.29, 0.717) is 16.6 Å². The quantitative estimate of drug-likeness (QED) is 0.761. The highest BCUT2D eigenvalue weighted by Gasteiger charge is 2.10. The van der Waals surface area contributed by atoms with E-state index < -0.39 is 0 Å². The van der Waals surface area contributed by atoms with Crippen molar-refractivity contribution >= 4 is 34.1 Å². The van der Waals surface area contributed by atoms with E-state index in [9.17, 15) is 5.11 Å². The van der Waals surface area contributed by atoms with Crippen LogP contribution in [0.5, 0.6) is 5.75 Å². The number of halogens is 2. The maximum atomic E-state index is 9.57. The molecule has 0 bridgehead atoms. The van der Waals surface area contributed by atoms with E-state index in [1.54, 1.807) is 13.2 Å². The Kier molecular flexibility index (Phi) is 4.30. The topological polar surface area (TPSA) is 34.4 Å². The number of methoxy groups -OCH3 is 1. The van der Waals surface area contributed by atoms with E-state index in [4.69, 9.17) is 27.9 Å². The van der Waals surface area contributed by atoms with E-state index >= 15 is 0 Å². The van der Waals surface area contributed by atoms with Crippen molar-refractivity contribution in [1.29, 1.82) is 0 Å². The Morgan fingerprint density at radius 2 is 1.91 bits per heavy atom. The number of aliphatic hydroxyl groups excluding tert-OH is 1. The fourth-order valence-electron chi connectivity index (χ4n) is 2.57. The summed E-state index contributed by atoms with van der Waals surface area (Å²) in [6.07, 6.45) is 1.95. The van der Waals surface area contributed by atoms with Gasteiger partial charge < -0.3 is 14.4 Å². The highest BCUT2D eigenvalue weighted by molar-refractivity contribution is 6.42. The molecule has 22 heavy (non-hydrogen) atoms. The fraction of sp³-hybridized carbons (Fsp3) is 0.176. The number of hydrogen-bond acceptors (Lipinski definition) is 2. The number of fused-ring (bicyclic) bond motifs is 1. The third-order valence-corrected chi connectivity index (χ3v) is 4.42. The van der Waals surface area contributed by atoms with Crippen molar-refractivity contribution < 1.29 is 9.84 Å². The molecule has 0 amide bonds. The fourth-order valence-corrected chi connectivity index (χ4v) is 2.89. The van der Waals surface area contributed by atoms with Crippen LogP contribution < -0.4 is 4.74 Å². The van der Waals surface area contributed by atoms with Crippen molar-refractivity contribution in [2.45, 2.75) is 13.2 Å². The van der Waals surface area contributed by atoms with Gasteiger partial charge in [-0.2, -0.15) is 0 Å². The predicted molar refractivity (Wildman–Crippen MR) is 90.0 cm³/mol. The lowest BCUT2D eigenvalue weighted by Crippen LogP contribution is -1.98. The Hall–Kier alpha value is -1.68. The number of aromatic nitrogens is 1. The van der Waals surface area contributed by atoms with Gasteiger partial charge >= 0.3 is 0 Å². The maximum Gasteiger partial charge on any atom is 0.119 e. The summed E-state index contributed by atoms with van der Waals surface area (Å²) in [4.78, 5) is 0. The Balaban J connectivity index is 2.04. The molecule has 3 rings (SSSR count). The summed E-state index contributed by atoms with van der Waals surface area (Å²) in [5.41, 5.74) is 2.96. The second-order valence-electron chi connectivity index (χ2n) is 5.07. The van der Waals surface area contributed by atoms with E-state index in [0.717, 1.165) is 27.8 Å². The molecule has 0 atom stereocenters. The minimum absolute atomic E-state index is 0.0158. The molecule has 0 aliphatic rings. The zero-order valence-electron chi connectivity index (χ0n) is 12.0. The third-order valence-electron chi connectivity index (χ3n) is 3.68. The molecule has 0 aliphatic heterocycles. The van der Waals surface area contributed by atoms with Crippen LogP contribution in [0, 0.1) is 0 Å². The number of ether oxygens (including phenoxy) is 1. The minimum Gasteiger partial charge on any atom is -0.497 e. The van der Waals surface area contributed by atoms with Crippen LogP contribution >= 0.6 is 23.2 Å². The molecule has 0 spiro atoms. The normalized spacial score (nSPS) is 11.1. The van der Waals surface area contributed by atoms with Crippen LogP contribution in [0.4, 0.5) is 0 Å². The zero-order chi connectivity index (χ0) is 15.7. The Morgan fingerprint density at radius 1 is 1.09 bits per heavy atom. The number of hydrogen-bond donors (Lipinski definition) is 1. The van der Waals surface area contributed by atoms with Crippen LogP contribution in [-0.4, -0.2) is 16.8 Å². The van der Waals surface area contributed by atoms with E-state index in [1.807, 2.05) is 36.5 Å². The van der Waals surface area contributed by atoms with Gasteiger partial charge in [-0.25, -0.2) is 0 Å². The van der Waals surface area contributed by atoms with Crippen LogP contribution in [-0.2, 0) is 13.2 Å². The van der Waals surface area contributed by atoms with Gasteiger partial charge in [0.15, 0.2) is 0 Å². The molecule has 1 heterocycles. The van der Waals surface area contributed by atoms with Crippen LogP contribution in [0.15, 0.2) is 42.6 Å². The molecule has 0 saturated heterocycles. The summed E-state index contributed by atoms with van der Waals surface area (Å²) < 4.78 is 7.34. The molecule has 0 radical (unpaired) electrons. The highest BCUT2D eigenvalue weighted by Crippen LogP contribution is 2.28. The summed E-state index contributed by atoms with van der Waals surface area (Å²) >= 11 is 12.0. The Labute approximate surface area is 138 Å². The van der Waals surface area contributed by atoms with Gasteiger partial charge in [-0.3, -0.25) is 0 Å². The summed E-state index contributed by atoms with van der Waals surface area (Å²) in [6.45, 7) is 0.637. The molecule has 0 saturated carbocycles. The summed E-state index contributed by atoms with van der Waals surface area (Å²) in [7, 11) is 1.63. The number of aliphatic hydroxyl groups is 1. The third kappa shape index (κ3) is 2.80. The number of benzene rings is 2. The maximum absolute atomic E-state index is 9.57. The molecule has 2 aromatic carbocycles. The highest BCUT2D eigenvalue weighted by atomic mass is 35.5. The summed E-state index contributed by atoms with van der Waals surface area (Å²) in [5, 5.41) is 11.6. The molecule has 114 valence electrons. The Morgan fingerprint density at radius 3 is 2.59 bits per heavy atom. The van der Waals surface area contributed by atoms with Crippen LogP contribution in [0.25, 0.3) is 10.9 Å². The van der Waals surface area contributed by atoms with Crippen molar-refractivity contribution in [1.82, 2.24) is 4.57 Å². The lowest BCUT2D eigenvalue weighted by atomic mass is 10.2. The first-order valence-corrected chi connectivity index (χ1v) is 7.58. The number of rotatable bonds is 4. The summed E-state index contributed by atoms with van der Waals surface area (Å²) in [5.74, 6) is 0.773. The largest absolute Gasteiger partial charge is 0.497 e. The van der Waals surface area contributed by atoms with Gasteiger partial charge in [0.1, 0.15) is 5.75 Å². The zero-order valence-corrected chi connectivity index (χ0v) is 13.5. The molecule has 0 unspecified atom stereocenters. The SMILES string of the molecule is COc1ccc2c(c1)c(CO)cn2Cc1ccc(Cl)c(Cl)c1. The van der Waals surface area contributed by atoms with Crippen molar-refractivity contribution in [3.8, 4) is 5.75 Å². The lowest BCUT2D eigenvalue weighted by Gasteiger charge is -2.07. The lowest BCUT2D eigenvalue weighted by molar-refractivity contribution is 0.283. The molecule has 3 nitrogen and oxygen atoms in total. The molecule has 3 aromatic rings. The van der Waals surface area contributed by atoms with E-state index in [1.165, 1.54) is 0 Å². The average molecular weight is 336 g/mol. The van der Waals surface area contributed by atoms with Crippen molar-refractivity contribution in [3.63, 3.8) is 0 Å². The van der Waals surface area contributed by atoms with Gasteiger partial charge in [0.05, 0.1) is 23.8 Å². The minimum atomic E-state index is -0.0158. The van der Waals surface area contributed by atoms with Crippen molar-refractivity contribution in [2.24, 2.45) is 0 Å². The molecule has 0 aliphatic carbocycles. The van der Waals surface area contributed by atoms with E-state index in [-0.39, 0.29) is 6.61 Å². The molecular weight excluding hydrogens is 321 g/mol. The van der Waals surface area contributed by atoms with Crippen molar-refractivity contribution in [2.75, 3.05) is 7.11 Å². The van der Waals surface area contributed by atoms with Gasteiger partial charge in [0, 0.05) is 29.2 Å². The first-order chi connectivity index (χ1) is 10.6. The first-order valence-electron chi connectivity index (χ1n) is 6.83.